The molecular formula is C21H31N3O2. The Morgan fingerprint density at radius 1 is 0.962 bits per heavy atom. The number of hydrogen-bond acceptors (Lipinski definition) is 3. The van der Waals surface area contributed by atoms with Crippen molar-refractivity contribution in [3.05, 3.63) is 42.5 Å². The third-order valence-corrected chi connectivity index (χ3v) is 3.92. The zero-order valence-electron chi connectivity index (χ0n) is 16.0. The molecule has 5 heteroatoms. The summed E-state index contributed by atoms with van der Waals surface area (Å²) in [5.41, 5.74) is 0. The number of unbranched alkanes of at least 4 members (excludes halogenated alkanes) is 1. The molecule has 2 rings (SSSR count). The maximum absolute atomic E-state index is 5.96. The summed E-state index contributed by atoms with van der Waals surface area (Å²) >= 11 is 0. The minimum atomic E-state index is 0.586. The molecule has 0 heterocycles. The number of aliphatic imine (C=N–C) groups is 1. The highest BCUT2D eigenvalue weighted by molar-refractivity contribution is 5.88. The maximum Gasteiger partial charge on any atom is 0.191 e. The van der Waals surface area contributed by atoms with Crippen molar-refractivity contribution in [2.75, 3.05) is 39.5 Å². The van der Waals surface area contributed by atoms with Crippen LogP contribution < -0.4 is 15.4 Å². The second-order valence-electron chi connectivity index (χ2n) is 5.92. The quantitative estimate of drug-likeness (QED) is 0.367. The maximum atomic E-state index is 5.96. The van der Waals surface area contributed by atoms with Crippen LogP contribution in [-0.2, 0) is 4.74 Å². The van der Waals surface area contributed by atoms with E-state index in [-0.39, 0.29) is 0 Å². The monoisotopic (exact) mass is 357 g/mol. The number of guanidine groups is 1. The summed E-state index contributed by atoms with van der Waals surface area (Å²) in [4.78, 5) is 4.59. The molecule has 142 valence electrons. The topological polar surface area (TPSA) is 54.9 Å². The van der Waals surface area contributed by atoms with Crippen LogP contribution in [-0.4, -0.2) is 45.4 Å². The van der Waals surface area contributed by atoms with Gasteiger partial charge in [-0.05, 0) is 38.1 Å². The summed E-state index contributed by atoms with van der Waals surface area (Å²) in [7, 11) is 0. The zero-order valence-corrected chi connectivity index (χ0v) is 16.0. The van der Waals surface area contributed by atoms with E-state index in [9.17, 15) is 0 Å². The third-order valence-electron chi connectivity index (χ3n) is 3.92. The van der Waals surface area contributed by atoms with Gasteiger partial charge in [-0.2, -0.15) is 0 Å². The van der Waals surface area contributed by atoms with Crippen molar-refractivity contribution in [2.24, 2.45) is 4.99 Å². The molecule has 0 amide bonds. The van der Waals surface area contributed by atoms with Gasteiger partial charge in [0.15, 0.2) is 5.96 Å². The average Bonchev–Trinajstić information content (AvgIpc) is 2.67. The van der Waals surface area contributed by atoms with Gasteiger partial charge in [-0.25, -0.2) is 0 Å². The number of benzene rings is 2. The van der Waals surface area contributed by atoms with Gasteiger partial charge < -0.3 is 20.1 Å². The van der Waals surface area contributed by atoms with E-state index < -0.39 is 0 Å². The first kappa shape index (κ1) is 20.0. The summed E-state index contributed by atoms with van der Waals surface area (Å²) in [6, 6.07) is 14.4. The highest BCUT2D eigenvalue weighted by Gasteiger charge is 2.01. The Morgan fingerprint density at radius 3 is 2.65 bits per heavy atom. The van der Waals surface area contributed by atoms with E-state index in [0.717, 1.165) is 56.2 Å². The zero-order chi connectivity index (χ0) is 18.5. The third kappa shape index (κ3) is 6.92. The van der Waals surface area contributed by atoms with Crippen LogP contribution in [0.2, 0.25) is 0 Å². The Bertz CT molecular complexity index is 668. The predicted octanol–water partition coefficient (Wildman–Crippen LogP) is 3.59. The summed E-state index contributed by atoms with van der Waals surface area (Å²) in [6.45, 7) is 8.61. The van der Waals surface area contributed by atoms with E-state index >= 15 is 0 Å². The molecule has 5 nitrogen and oxygen atoms in total. The van der Waals surface area contributed by atoms with Gasteiger partial charge in [0.25, 0.3) is 0 Å². The molecular weight excluding hydrogens is 326 g/mol. The molecule has 0 aliphatic rings. The van der Waals surface area contributed by atoms with Crippen molar-refractivity contribution < 1.29 is 9.47 Å². The van der Waals surface area contributed by atoms with E-state index in [2.05, 4.69) is 40.7 Å². The normalized spacial score (nSPS) is 11.5. The van der Waals surface area contributed by atoms with Gasteiger partial charge in [-0.1, -0.05) is 36.4 Å². The molecule has 2 aromatic rings. The van der Waals surface area contributed by atoms with Gasteiger partial charge in [0, 0.05) is 31.7 Å². The lowest BCUT2D eigenvalue weighted by molar-refractivity contribution is 0.144. The summed E-state index contributed by atoms with van der Waals surface area (Å²) in [5.74, 6) is 1.76. The Labute approximate surface area is 156 Å². The van der Waals surface area contributed by atoms with Crippen molar-refractivity contribution in [1.82, 2.24) is 10.6 Å². The van der Waals surface area contributed by atoms with Crippen molar-refractivity contribution in [2.45, 2.75) is 26.7 Å². The van der Waals surface area contributed by atoms with E-state index in [1.54, 1.807) is 0 Å². The molecule has 0 spiro atoms. The Morgan fingerprint density at radius 2 is 1.81 bits per heavy atom. The van der Waals surface area contributed by atoms with Crippen LogP contribution in [0.25, 0.3) is 10.8 Å². The first-order valence-electron chi connectivity index (χ1n) is 9.55. The van der Waals surface area contributed by atoms with Crippen LogP contribution in [0.4, 0.5) is 0 Å². The molecule has 0 unspecified atom stereocenters. The van der Waals surface area contributed by atoms with Crippen LogP contribution in [0, 0.1) is 0 Å². The van der Waals surface area contributed by atoms with E-state index in [4.69, 9.17) is 9.47 Å². The Hall–Kier alpha value is -2.27. The second-order valence-corrected chi connectivity index (χ2v) is 5.92. The molecule has 0 radical (unpaired) electrons. The smallest absolute Gasteiger partial charge is 0.191 e. The molecule has 0 fully saturated rings. The number of nitrogens with one attached hydrogen (secondary N) is 2. The highest BCUT2D eigenvalue weighted by Crippen LogP contribution is 2.24. The fraction of sp³-hybridized carbons (Fsp3) is 0.476. The summed E-state index contributed by atoms with van der Waals surface area (Å²) in [5, 5.41) is 8.93. The van der Waals surface area contributed by atoms with Crippen LogP contribution >= 0.6 is 0 Å². The molecule has 0 saturated carbocycles. The number of nitrogens with zero attached hydrogens (tertiary/aromatic N) is 1. The molecule has 2 aromatic carbocycles. The molecule has 0 atom stereocenters. The summed E-state index contributed by atoms with van der Waals surface area (Å²) in [6.07, 6.45) is 2.07. The lowest BCUT2D eigenvalue weighted by Crippen LogP contribution is -2.39. The number of hydrogen-bond donors (Lipinski definition) is 2. The van der Waals surface area contributed by atoms with Gasteiger partial charge in [0.1, 0.15) is 12.4 Å². The number of ether oxygens (including phenoxy) is 2. The van der Waals surface area contributed by atoms with Crippen LogP contribution in [0.1, 0.15) is 26.7 Å². The van der Waals surface area contributed by atoms with Gasteiger partial charge in [-0.15, -0.1) is 0 Å². The molecule has 0 saturated heterocycles. The molecule has 0 aromatic heterocycles. The largest absolute Gasteiger partial charge is 0.491 e. The Balaban J connectivity index is 1.74. The van der Waals surface area contributed by atoms with Crippen molar-refractivity contribution in [1.29, 1.82) is 0 Å². The number of rotatable bonds is 11. The molecule has 0 bridgehead atoms. The van der Waals surface area contributed by atoms with Gasteiger partial charge >= 0.3 is 0 Å². The van der Waals surface area contributed by atoms with Crippen molar-refractivity contribution in [3.8, 4) is 5.75 Å². The average molecular weight is 357 g/mol. The van der Waals surface area contributed by atoms with E-state index in [1.807, 2.05) is 31.2 Å². The molecule has 2 N–H and O–H groups in total. The van der Waals surface area contributed by atoms with Crippen LogP contribution in [0.15, 0.2) is 47.5 Å². The molecule has 0 aliphatic heterocycles. The fourth-order valence-electron chi connectivity index (χ4n) is 2.64. The minimum absolute atomic E-state index is 0.586. The molecule has 0 aliphatic carbocycles. The van der Waals surface area contributed by atoms with Crippen molar-refractivity contribution >= 4 is 16.7 Å². The predicted molar refractivity (Wildman–Crippen MR) is 109 cm³/mol. The van der Waals surface area contributed by atoms with Crippen molar-refractivity contribution in [3.63, 3.8) is 0 Å². The first-order valence-corrected chi connectivity index (χ1v) is 9.55. The van der Waals surface area contributed by atoms with Gasteiger partial charge in [0.05, 0.1) is 6.54 Å². The standard InChI is InChI=1S/C21H31N3O2/c1-3-22-21(23-14-7-8-16-25-4-2)24-15-17-26-20-13-9-11-18-10-5-6-12-19(18)20/h5-6,9-13H,3-4,7-8,14-17H2,1-2H3,(H2,22,23,24). The van der Waals surface area contributed by atoms with Crippen LogP contribution in [0.5, 0.6) is 5.75 Å². The lowest BCUT2D eigenvalue weighted by atomic mass is 10.1. The second kappa shape index (κ2) is 12.1. The molecule has 26 heavy (non-hydrogen) atoms. The van der Waals surface area contributed by atoms with Crippen LogP contribution in [0.3, 0.4) is 0 Å². The number of fused-ring (bicyclic) bond motifs is 1. The summed E-state index contributed by atoms with van der Waals surface area (Å²) < 4.78 is 11.3. The lowest BCUT2D eigenvalue weighted by Gasteiger charge is -2.13. The fourth-order valence-corrected chi connectivity index (χ4v) is 2.64. The van der Waals surface area contributed by atoms with E-state index in [1.165, 1.54) is 5.39 Å². The SMILES string of the molecule is CCNC(=NCCCCOCC)NCCOc1cccc2ccccc12. The highest BCUT2D eigenvalue weighted by atomic mass is 16.5. The van der Waals surface area contributed by atoms with E-state index in [0.29, 0.717) is 13.2 Å². The van der Waals surface area contributed by atoms with Gasteiger partial charge in [-0.3, -0.25) is 4.99 Å². The first-order chi connectivity index (χ1) is 12.8. The minimum Gasteiger partial charge on any atom is -0.491 e. The Kier molecular flexibility index (Phi) is 9.36. The van der Waals surface area contributed by atoms with Gasteiger partial charge in [0.2, 0.25) is 0 Å².